The highest BCUT2D eigenvalue weighted by atomic mass is 16.5. The average molecular weight is 438 g/mol. The predicted octanol–water partition coefficient (Wildman–Crippen LogP) is 1.47. The highest BCUT2D eigenvalue weighted by Gasteiger charge is 2.20. The third-order valence-electron chi connectivity index (χ3n) is 5.52. The third kappa shape index (κ3) is 5.06. The molecule has 1 aliphatic heterocycles. The highest BCUT2D eigenvalue weighted by molar-refractivity contribution is 5.94. The van der Waals surface area contributed by atoms with E-state index in [1.807, 2.05) is 18.2 Å². The molecule has 9 nitrogen and oxygen atoms in total. The summed E-state index contributed by atoms with van der Waals surface area (Å²) in [6, 6.07) is 12.4. The van der Waals surface area contributed by atoms with Gasteiger partial charge in [0.2, 0.25) is 5.91 Å². The number of methoxy groups -OCH3 is 2. The minimum Gasteiger partial charge on any atom is -0.497 e. The largest absolute Gasteiger partial charge is 0.497 e. The van der Waals surface area contributed by atoms with Crippen molar-refractivity contribution in [3.63, 3.8) is 0 Å². The van der Waals surface area contributed by atoms with E-state index in [0.717, 1.165) is 31.9 Å². The Kier molecular flexibility index (Phi) is 6.67. The number of rotatable bonds is 7. The molecule has 1 aromatic carbocycles. The number of nitrogens with one attached hydrogen (secondary N) is 1. The maximum absolute atomic E-state index is 12.6. The van der Waals surface area contributed by atoms with Gasteiger partial charge in [-0.3, -0.25) is 23.8 Å². The first-order chi connectivity index (χ1) is 15.6. The number of pyridine rings is 1. The van der Waals surface area contributed by atoms with Crippen LogP contribution in [0.2, 0.25) is 0 Å². The van der Waals surface area contributed by atoms with E-state index < -0.39 is 0 Å². The van der Waals surface area contributed by atoms with Gasteiger partial charge < -0.3 is 14.8 Å². The fourth-order valence-corrected chi connectivity index (χ4v) is 3.82. The lowest BCUT2D eigenvalue weighted by Gasteiger charge is -2.34. The van der Waals surface area contributed by atoms with Crippen LogP contribution in [-0.2, 0) is 11.3 Å². The maximum atomic E-state index is 12.6. The first-order valence-electron chi connectivity index (χ1n) is 10.5. The lowest BCUT2D eigenvalue weighted by Crippen LogP contribution is -2.48. The van der Waals surface area contributed by atoms with Crippen LogP contribution < -0.4 is 20.3 Å². The van der Waals surface area contributed by atoms with Crippen molar-refractivity contribution in [2.75, 3.05) is 52.3 Å². The van der Waals surface area contributed by atoms with Crippen molar-refractivity contribution in [1.29, 1.82) is 0 Å². The predicted molar refractivity (Wildman–Crippen MR) is 121 cm³/mol. The summed E-state index contributed by atoms with van der Waals surface area (Å²) in [7, 11) is 3.15. The van der Waals surface area contributed by atoms with E-state index in [4.69, 9.17) is 9.47 Å². The van der Waals surface area contributed by atoms with Crippen LogP contribution >= 0.6 is 0 Å². The molecule has 4 rings (SSSR count). The second kappa shape index (κ2) is 9.80. The summed E-state index contributed by atoms with van der Waals surface area (Å²) >= 11 is 0. The summed E-state index contributed by atoms with van der Waals surface area (Å²) in [4.78, 5) is 33.8. The molecule has 0 unspecified atom stereocenters. The van der Waals surface area contributed by atoms with Crippen LogP contribution in [0.5, 0.6) is 11.5 Å². The Morgan fingerprint density at radius 1 is 1.03 bits per heavy atom. The molecular formula is C23H27N5O4. The van der Waals surface area contributed by atoms with Crippen molar-refractivity contribution in [3.8, 4) is 11.5 Å². The number of nitrogens with zero attached hydrogens (tertiary/aromatic N) is 4. The normalized spacial score (nSPS) is 14.9. The molecule has 0 atom stereocenters. The van der Waals surface area contributed by atoms with E-state index in [2.05, 4.69) is 20.1 Å². The number of aromatic nitrogens is 2. The molecule has 0 bridgehead atoms. The standard InChI is InChI=1S/C23H27N5O4/c1-31-18-6-7-20(32-2)19(14-18)25-22(29)16-27-11-9-26(10-12-27)15-17-13-23(30)28-8-4-3-5-21(28)24-17/h3-8,13-14H,9-12,15-16H2,1-2H3,(H,25,29). The van der Waals surface area contributed by atoms with Crippen LogP contribution in [0.25, 0.3) is 5.65 Å². The van der Waals surface area contributed by atoms with Crippen LogP contribution in [0, 0.1) is 0 Å². The lowest BCUT2D eigenvalue weighted by atomic mass is 10.2. The fourth-order valence-electron chi connectivity index (χ4n) is 3.82. The Morgan fingerprint density at radius 3 is 2.56 bits per heavy atom. The van der Waals surface area contributed by atoms with Crippen molar-refractivity contribution in [1.82, 2.24) is 19.2 Å². The molecule has 1 amide bonds. The molecule has 32 heavy (non-hydrogen) atoms. The van der Waals surface area contributed by atoms with Crippen LogP contribution in [0.3, 0.4) is 0 Å². The number of benzene rings is 1. The van der Waals surface area contributed by atoms with Gasteiger partial charge >= 0.3 is 0 Å². The van der Waals surface area contributed by atoms with Gasteiger partial charge in [-0.25, -0.2) is 4.98 Å². The Labute approximate surface area is 186 Å². The molecule has 3 heterocycles. The van der Waals surface area contributed by atoms with Crippen LogP contribution in [0.4, 0.5) is 5.69 Å². The summed E-state index contributed by atoms with van der Waals surface area (Å²) < 4.78 is 12.1. The fraction of sp³-hybridized carbons (Fsp3) is 0.348. The quantitative estimate of drug-likeness (QED) is 0.599. The number of fused-ring (bicyclic) bond motifs is 1. The van der Waals surface area contributed by atoms with Crippen molar-refractivity contribution in [2.45, 2.75) is 6.54 Å². The van der Waals surface area contributed by atoms with Gasteiger partial charge in [-0.1, -0.05) is 6.07 Å². The smallest absolute Gasteiger partial charge is 0.258 e. The molecule has 1 fully saturated rings. The summed E-state index contributed by atoms with van der Waals surface area (Å²) in [6.07, 6.45) is 1.72. The van der Waals surface area contributed by atoms with Crippen molar-refractivity contribution >= 4 is 17.2 Å². The van der Waals surface area contributed by atoms with E-state index in [1.54, 1.807) is 44.7 Å². The minimum atomic E-state index is -0.103. The van der Waals surface area contributed by atoms with Gasteiger partial charge in [0.05, 0.1) is 32.1 Å². The third-order valence-corrected chi connectivity index (χ3v) is 5.52. The van der Waals surface area contributed by atoms with Gasteiger partial charge in [0.25, 0.3) is 5.56 Å². The molecule has 2 aromatic heterocycles. The van der Waals surface area contributed by atoms with E-state index >= 15 is 0 Å². The molecule has 168 valence electrons. The monoisotopic (exact) mass is 437 g/mol. The van der Waals surface area contributed by atoms with Crippen LogP contribution in [0.15, 0.2) is 53.5 Å². The topological polar surface area (TPSA) is 88.4 Å². The summed E-state index contributed by atoms with van der Waals surface area (Å²) in [6.45, 7) is 4.02. The number of amides is 1. The SMILES string of the molecule is COc1ccc(OC)c(NC(=O)CN2CCN(Cc3cc(=O)n4ccccc4n3)CC2)c1. The second-order valence-corrected chi connectivity index (χ2v) is 7.68. The Morgan fingerprint density at radius 2 is 1.81 bits per heavy atom. The van der Waals surface area contributed by atoms with Crippen LogP contribution in [0.1, 0.15) is 5.69 Å². The van der Waals surface area contributed by atoms with E-state index in [1.165, 1.54) is 4.40 Å². The first kappa shape index (κ1) is 21.8. The molecule has 1 saturated heterocycles. The Balaban J connectivity index is 1.31. The average Bonchev–Trinajstić information content (AvgIpc) is 2.80. The molecule has 0 saturated carbocycles. The molecule has 3 aromatic rings. The molecular weight excluding hydrogens is 410 g/mol. The van der Waals surface area contributed by atoms with Gasteiger partial charge in [0, 0.05) is 51.1 Å². The zero-order valence-electron chi connectivity index (χ0n) is 18.3. The number of carbonyl (C=O) groups excluding carboxylic acids is 1. The Bertz CT molecular complexity index is 1150. The Hall–Kier alpha value is -3.43. The lowest BCUT2D eigenvalue weighted by molar-refractivity contribution is -0.117. The molecule has 1 aliphatic rings. The van der Waals surface area contributed by atoms with Gasteiger partial charge in [-0.05, 0) is 24.3 Å². The molecule has 0 aliphatic carbocycles. The van der Waals surface area contributed by atoms with E-state index in [9.17, 15) is 9.59 Å². The number of carbonyl (C=O) groups is 1. The summed E-state index contributed by atoms with van der Waals surface area (Å²) in [5.74, 6) is 1.13. The van der Waals surface area contributed by atoms with E-state index in [0.29, 0.717) is 35.9 Å². The molecule has 0 radical (unpaired) electrons. The zero-order valence-corrected chi connectivity index (χ0v) is 18.3. The summed E-state index contributed by atoms with van der Waals surface area (Å²) in [5.41, 5.74) is 1.92. The van der Waals surface area contributed by atoms with Gasteiger partial charge in [0.1, 0.15) is 17.1 Å². The van der Waals surface area contributed by atoms with Gasteiger partial charge in [-0.15, -0.1) is 0 Å². The maximum Gasteiger partial charge on any atom is 0.258 e. The number of anilines is 1. The number of piperazine rings is 1. The highest BCUT2D eigenvalue weighted by Crippen LogP contribution is 2.28. The van der Waals surface area contributed by atoms with Crippen molar-refractivity contribution < 1.29 is 14.3 Å². The second-order valence-electron chi connectivity index (χ2n) is 7.68. The van der Waals surface area contributed by atoms with Crippen molar-refractivity contribution in [3.05, 3.63) is 64.7 Å². The summed E-state index contributed by atoms with van der Waals surface area (Å²) in [5, 5.41) is 2.91. The first-order valence-corrected chi connectivity index (χ1v) is 10.5. The number of hydrogen-bond donors (Lipinski definition) is 1. The van der Waals surface area contributed by atoms with E-state index in [-0.39, 0.29) is 11.5 Å². The minimum absolute atomic E-state index is 0.0751. The van der Waals surface area contributed by atoms with Crippen LogP contribution in [-0.4, -0.2) is 72.0 Å². The molecule has 0 spiro atoms. The van der Waals surface area contributed by atoms with Crippen molar-refractivity contribution in [2.24, 2.45) is 0 Å². The molecule has 1 N–H and O–H groups in total. The number of hydrogen-bond acceptors (Lipinski definition) is 7. The molecule has 9 heteroatoms. The number of ether oxygens (including phenoxy) is 2. The zero-order chi connectivity index (χ0) is 22.5. The van der Waals surface area contributed by atoms with Gasteiger partial charge in [-0.2, -0.15) is 0 Å². The van der Waals surface area contributed by atoms with Gasteiger partial charge in [0.15, 0.2) is 0 Å².